The van der Waals surface area contributed by atoms with E-state index in [9.17, 15) is 4.79 Å². The Morgan fingerprint density at radius 3 is 0.636 bits per heavy atom. The lowest BCUT2D eigenvalue weighted by molar-refractivity contribution is -0.122. The summed E-state index contributed by atoms with van der Waals surface area (Å²) in [4.78, 5) is 11.9. The summed E-state index contributed by atoms with van der Waals surface area (Å²) in [7, 11) is 0. The molecule has 264 valence electrons. The van der Waals surface area contributed by atoms with E-state index in [-0.39, 0.29) is 11.8 Å². The molecule has 0 unspecified atom stereocenters. The molecule has 2 N–H and O–H groups in total. The number of primary amides is 1. The van der Waals surface area contributed by atoms with Crippen LogP contribution in [0.15, 0.2) is 0 Å². The number of amides is 1. The van der Waals surface area contributed by atoms with E-state index in [1.54, 1.807) is 0 Å². The van der Waals surface area contributed by atoms with Gasteiger partial charge in [0.15, 0.2) is 0 Å². The lowest BCUT2D eigenvalue weighted by Gasteiger charge is -2.13. The maximum Gasteiger partial charge on any atom is 0.220 e. The molecule has 2 nitrogen and oxygen atoms in total. The molecule has 0 heterocycles. The van der Waals surface area contributed by atoms with E-state index in [1.807, 2.05) is 0 Å². The van der Waals surface area contributed by atoms with Gasteiger partial charge in [-0.15, -0.1) is 0 Å². The van der Waals surface area contributed by atoms with Gasteiger partial charge in [-0.3, -0.25) is 4.79 Å². The van der Waals surface area contributed by atoms with Crippen molar-refractivity contribution in [3.63, 3.8) is 0 Å². The van der Waals surface area contributed by atoms with Gasteiger partial charge in [-0.1, -0.05) is 245 Å². The van der Waals surface area contributed by atoms with Crippen molar-refractivity contribution in [2.75, 3.05) is 0 Å². The highest BCUT2D eigenvalue weighted by molar-refractivity contribution is 5.76. The maximum atomic E-state index is 11.9. The summed E-state index contributed by atoms with van der Waals surface area (Å²) in [6, 6.07) is 0. The Morgan fingerprint density at radius 2 is 0.477 bits per heavy atom. The van der Waals surface area contributed by atoms with Crippen molar-refractivity contribution in [3.05, 3.63) is 0 Å². The smallest absolute Gasteiger partial charge is 0.220 e. The summed E-state index contributed by atoms with van der Waals surface area (Å²) in [5.74, 6) is 0.0704. The number of hydrogen-bond acceptors (Lipinski definition) is 1. The Bertz CT molecular complexity index is 492. The summed E-state index contributed by atoms with van der Waals surface area (Å²) < 4.78 is 0. The van der Waals surface area contributed by atoms with Gasteiger partial charge in [0.2, 0.25) is 5.91 Å². The van der Waals surface area contributed by atoms with Crippen molar-refractivity contribution in [3.8, 4) is 0 Å². The molecule has 0 saturated carbocycles. The molecule has 0 saturated heterocycles. The summed E-state index contributed by atoms with van der Waals surface area (Å²) in [5.41, 5.74) is 5.75. The second-order valence-corrected chi connectivity index (χ2v) is 14.7. The van der Waals surface area contributed by atoms with E-state index >= 15 is 0 Å². The molecule has 0 aromatic carbocycles. The molecule has 0 spiro atoms. The number of hydrogen-bond donors (Lipinski definition) is 1. The van der Waals surface area contributed by atoms with Crippen molar-refractivity contribution in [2.24, 2.45) is 11.7 Å². The topological polar surface area (TPSA) is 43.1 Å². The Kier molecular flexibility index (Phi) is 38.2. The molecule has 0 atom stereocenters. The average molecular weight is 620 g/mol. The number of carbonyl (C=O) groups is 1. The van der Waals surface area contributed by atoms with Crippen LogP contribution in [0.1, 0.15) is 258 Å². The number of rotatable bonds is 39. The average Bonchev–Trinajstić information content (AvgIpc) is 3.02. The van der Waals surface area contributed by atoms with Crippen LogP contribution in [0.4, 0.5) is 0 Å². The van der Waals surface area contributed by atoms with Crippen LogP contribution in [0.5, 0.6) is 0 Å². The van der Waals surface area contributed by atoms with E-state index in [2.05, 4.69) is 13.8 Å². The van der Waals surface area contributed by atoms with E-state index in [4.69, 9.17) is 5.73 Å². The molecular formula is C42H85NO. The largest absolute Gasteiger partial charge is 0.369 e. The molecule has 2 heteroatoms. The van der Waals surface area contributed by atoms with Gasteiger partial charge in [0.25, 0.3) is 0 Å². The number of nitrogens with two attached hydrogens (primary N) is 1. The van der Waals surface area contributed by atoms with E-state index in [1.165, 1.54) is 231 Å². The molecule has 1 amide bonds. The first-order chi connectivity index (χ1) is 21.7. The molecule has 0 aromatic rings. The second kappa shape index (κ2) is 38.7. The predicted octanol–water partition coefficient (Wildman–Crippen LogP) is 15.0. The molecule has 44 heavy (non-hydrogen) atoms. The lowest BCUT2D eigenvalue weighted by Crippen LogP contribution is -2.23. The van der Waals surface area contributed by atoms with Crippen molar-refractivity contribution in [1.29, 1.82) is 0 Å². The van der Waals surface area contributed by atoms with Gasteiger partial charge in [-0.25, -0.2) is 0 Å². The predicted molar refractivity (Wildman–Crippen MR) is 199 cm³/mol. The Hall–Kier alpha value is -0.530. The zero-order valence-corrected chi connectivity index (χ0v) is 30.9. The first-order valence-corrected chi connectivity index (χ1v) is 21.0. The molecule has 0 aliphatic heterocycles. The van der Waals surface area contributed by atoms with Crippen molar-refractivity contribution < 1.29 is 4.79 Å². The molecule has 0 bridgehead atoms. The normalized spacial score (nSPS) is 11.6. The van der Waals surface area contributed by atoms with Gasteiger partial charge in [-0.05, 0) is 12.8 Å². The van der Waals surface area contributed by atoms with Crippen LogP contribution in [-0.4, -0.2) is 5.91 Å². The fourth-order valence-corrected chi connectivity index (χ4v) is 7.01. The minimum atomic E-state index is -0.0519. The summed E-state index contributed by atoms with van der Waals surface area (Å²) >= 11 is 0. The van der Waals surface area contributed by atoms with E-state index < -0.39 is 0 Å². The summed E-state index contributed by atoms with van der Waals surface area (Å²) in [6.07, 6.45) is 52.6. The third-order valence-electron chi connectivity index (χ3n) is 10.2. The van der Waals surface area contributed by atoms with E-state index in [0.717, 1.165) is 12.8 Å². The highest BCUT2D eigenvalue weighted by atomic mass is 16.1. The third kappa shape index (κ3) is 35.9. The molecule has 0 rings (SSSR count). The fourth-order valence-electron chi connectivity index (χ4n) is 7.01. The Balaban J connectivity index is 3.35. The number of carbonyl (C=O) groups excluding carboxylic acids is 1. The van der Waals surface area contributed by atoms with Crippen molar-refractivity contribution >= 4 is 5.91 Å². The highest BCUT2D eigenvalue weighted by Gasteiger charge is 2.14. The zero-order chi connectivity index (χ0) is 32.0. The fraction of sp³-hybridized carbons (Fsp3) is 0.976. The molecule has 0 aromatic heterocycles. The Labute approximate surface area is 279 Å². The SMILES string of the molecule is CCCCCCCCCCCCCCCCCCCCC(CCCCCCCCCCCCCCCCCCCC)C(N)=O. The van der Waals surface area contributed by atoms with E-state index in [0.29, 0.717) is 0 Å². The third-order valence-corrected chi connectivity index (χ3v) is 10.2. The van der Waals surface area contributed by atoms with Gasteiger partial charge in [0.1, 0.15) is 0 Å². The first kappa shape index (κ1) is 43.5. The standard InChI is InChI=1S/C42H85NO/c1-3-5-7-9-11-13-15-17-19-21-23-25-27-29-31-33-35-37-39-41(42(43)44)40-38-36-34-32-30-28-26-24-22-20-18-16-14-12-10-8-6-4-2/h41H,3-40H2,1-2H3,(H2,43,44). The monoisotopic (exact) mass is 620 g/mol. The first-order valence-electron chi connectivity index (χ1n) is 21.0. The van der Waals surface area contributed by atoms with Gasteiger partial charge < -0.3 is 5.73 Å². The maximum absolute atomic E-state index is 11.9. The number of unbranched alkanes of at least 4 members (excludes halogenated alkanes) is 34. The summed E-state index contributed by atoms with van der Waals surface area (Å²) in [6.45, 7) is 4.60. The van der Waals surface area contributed by atoms with Crippen LogP contribution >= 0.6 is 0 Å². The molecule has 0 aliphatic carbocycles. The zero-order valence-electron chi connectivity index (χ0n) is 30.9. The minimum absolute atomic E-state index is 0.0519. The van der Waals surface area contributed by atoms with Crippen LogP contribution in [0, 0.1) is 5.92 Å². The van der Waals surface area contributed by atoms with Crippen LogP contribution in [0.3, 0.4) is 0 Å². The Morgan fingerprint density at radius 1 is 0.318 bits per heavy atom. The quantitative estimate of drug-likeness (QED) is 0.0683. The van der Waals surface area contributed by atoms with Crippen molar-refractivity contribution in [2.45, 2.75) is 258 Å². The van der Waals surface area contributed by atoms with Crippen molar-refractivity contribution in [1.82, 2.24) is 0 Å². The second-order valence-electron chi connectivity index (χ2n) is 14.7. The van der Waals surface area contributed by atoms with Crippen LogP contribution in [0.25, 0.3) is 0 Å². The molecular weight excluding hydrogens is 534 g/mol. The molecule has 0 radical (unpaired) electrons. The lowest BCUT2D eigenvalue weighted by atomic mass is 9.93. The summed E-state index contributed by atoms with van der Waals surface area (Å²) in [5, 5.41) is 0. The van der Waals surface area contributed by atoms with Gasteiger partial charge in [0.05, 0.1) is 0 Å². The molecule has 0 aliphatic rings. The minimum Gasteiger partial charge on any atom is -0.369 e. The highest BCUT2D eigenvalue weighted by Crippen LogP contribution is 2.20. The van der Waals surface area contributed by atoms with Crippen LogP contribution in [-0.2, 0) is 4.79 Å². The van der Waals surface area contributed by atoms with Gasteiger partial charge in [-0.2, -0.15) is 0 Å². The molecule has 0 fully saturated rings. The van der Waals surface area contributed by atoms with Gasteiger partial charge in [0, 0.05) is 5.92 Å². The van der Waals surface area contributed by atoms with Crippen LogP contribution < -0.4 is 5.73 Å². The van der Waals surface area contributed by atoms with Crippen LogP contribution in [0.2, 0.25) is 0 Å². The van der Waals surface area contributed by atoms with Gasteiger partial charge >= 0.3 is 0 Å².